The number of nitrogens with zero attached hydrogens (tertiary/aromatic N) is 1. The molecule has 0 saturated carbocycles. The SMILES string of the molecule is CC(C)NS(=O)(=O)c1ccccc1NC(C)c1nccs1. The van der Waals surface area contributed by atoms with Crippen LogP contribution < -0.4 is 10.0 Å². The molecule has 114 valence electrons. The average Bonchev–Trinajstić information content (AvgIpc) is 2.91. The summed E-state index contributed by atoms with van der Waals surface area (Å²) in [5, 5.41) is 6.04. The normalized spacial score (nSPS) is 13.3. The van der Waals surface area contributed by atoms with Crippen molar-refractivity contribution >= 4 is 27.0 Å². The van der Waals surface area contributed by atoms with E-state index in [2.05, 4.69) is 15.0 Å². The number of thiazole rings is 1. The Bertz CT molecular complexity index is 682. The lowest BCUT2D eigenvalue weighted by atomic mass is 10.2. The van der Waals surface area contributed by atoms with Crippen molar-refractivity contribution in [2.24, 2.45) is 0 Å². The van der Waals surface area contributed by atoms with Crippen molar-refractivity contribution in [1.29, 1.82) is 0 Å². The Kier molecular flexibility index (Phi) is 4.97. The van der Waals surface area contributed by atoms with Crippen LogP contribution in [0.4, 0.5) is 5.69 Å². The molecule has 1 aromatic carbocycles. The molecule has 0 aliphatic rings. The van der Waals surface area contributed by atoms with Gasteiger partial charge in [-0.05, 0) is 32.9 Å². The van der Waals surface area contributed by atoms with E-state index in [0.717, 1.165) is 5.01 Å². The van der Waals surface area contributed by atoms with Gasteiger partial charge in [0.15, 0.2) is 0 Å². The van der Waals surface area contributed by atoms with E-state index in [4.69, 9.17) is 0 Å². The summed E-state index contributed by atoms with van der Waals surface area (Å²) < 4.78 is 27.3. The molecule has 1 heterocycles. The minimum absolute atomic E-state index is 0.0552. The summed E-state index contributed by atoms with van der Waals surface area (Å²) in [7, 11) is -3.53. The molecule has 0 aliphatic carbocycles. The smallest absolute Gasteiger partial charge is 0.242 e. The van der Waals surface area contributed by atoms with Gasteiger partial charge in [-0.2, -0.15) is 0 Å². The Morgan fingerprint density at radius 2 is 1.90 bits per heavy atom. The van der Waals surface area contributed by atoms with Crippen LogP contribution in [0.2, 0.25) is 0 Å². The van der Waals surface area contributed by atoms with Gasteiger partial charge >= 0.3 is 0 Å². The summed E-state index contributed by atoms with van der Waals surface area (Å²) in [5.41, 5.74) is 0.577. The molecule has 0 amide bonds. The molecule has 0 aliphatic heterocycles. The zero-order valence-electron chi connectivity index (χ0n) is 12.2. The van der Waals surface area contributed by atoms with Gasteiger partial charge in [0, 0.05) is 17.6 Å². The second kappa shape index (κ2) is 6.55. The highest BCUT2D eigenvalue weighted by atomic mass is 32.2. The maximum atomic E-state index is 12.4. The summed E-state index contributed by atoms with van der Waals surface area (Å²) in [6.45, 7) is 5.55. The Balaban J connectivity index is 2.29. The lowest BCUT2D eigenvalue weighted by Gasteiger charge is -2.17. The standard InChI is InChI=1S/C14H19N3O2S2/c1-10(2)17-21(18,19)13-7-5-4-6-12(13)16-11(3)14-15-8-9-20-14/h4-11,16-17H,1-3H3. The van der Waals surface area contributed by atoms with Crippen molar-refractivity contribution in [2.45, 2.75) is 37.8 Å². The summed E-state index contributed by atoms with van der Waals surface area (Å²) in [5.74, 6) is 0. The molecule has 2 rings (SSSR count). The summed E-state index contributed by atoms with van der Waals surface area (Å²) in [6, 6.07) is 6.68. The molecule has 0 radical (unpaired) electrons. The molecule has 1 unspecified atom stereocenters. The molecule has 0 saturated heterocycles. The molecule has 2 N–H and O–H groups in total. The zero-order valence-corrected chi connectivity index (χ0v) is 13.8. The van der Waals surface area contributed by atoms with Gasteiger partial charge in [0.1, 0.15) is 9.90 Å². The Morgan fingerprint density at radius 3 is 2.52 bits per heavy atom. The van der Waals surface area contributed by atoms with Crippen LogP contribution in [-0.2, 0) is 10.0 Å². The third-order valence-electron chi connectivity index (χ3n) is 2.76. The number of sulfonamides is 1. The van der Waals surface area contributed by atoms with Gasteiger partial charge in [0.2, 0.25) is 10.0 Å². The average molecular weight is 325 g/mol. The van der Waals surface area contributed by atoms with Gasteiger partial charge in [0.25, 0.3) is 0 Å². The van der Waals surface area contributed by atoms with Crippen molar-refractivity contribution in [3.63, 3.8) is 0 Å². The Morgan fingerprint density at radius 1 is 1.19 bits per heavy atom. The number of para-hydroxylation sites is 1. The van der Waals surface area contributed by atoms with Gasteiger partial charge in [-0.1, -0.05) is 12.1 Å². The monoisotopic (exact) mass is 325 g/mol. The van der Waals surface area contributed by atoms with Crippen LogP contribution in [0.3, 0.4) is 0 Å². The van der Waals surface area contributed by atoms with Gasteiger partial charge in [-0.3, -0.25) is 0 Å². The van der Waals surface area contributed by atoms with Gasteiger partial charge < -0.3 is 5.32 Å². The second-order valence-electron chi connectivity index (χ2n) is 5.01. The molecule has 0 bridgehead atoms. The first-order valence-electron chi connectivity index (χ1n) is 6.67. The van der Waals surface area contributed by atoms with Crippen LogP contribution >= 0.6 is 11.3 Å². The van der Waals surface area contributed by atoms with E-state index in [9.17, 15) is 8.42 Å². The van der Waals surface area contributed by atoms with E-state index in [-0.39, 0.29) is 17.0 Å². The fourth-order valence-corrected chi connectivity index (χ4v) is 4.01. The summed E-state index contributed by atoms with van der Waals surface area (Å²) >= 11 is 1.54. The largest absolute Gasteiger partial charge is 0.375 e. The van der Waals surface area contributed by atoms with Gasteiger partial charge in [-0.25, -0.2) is 18.1 Å². The van der Waals surface area contributed by atoms with Crippen molar-refractivity contribution in [2.75, 3.05) is 5.32 Å². The molecular weight excluding hydrogens is 306 g/mol. The molecule has 7 heteroatoms. The second-order valence-corrected chi connectivity index (χ2v) is 7.62. The first-order chi connectivity index (χ1) is 9.90. The zero-order chi connectivity index (χ0) is 15.5. The van der Waals surface area contributed by atoms with Crippen molar-refractivity contribution in [1.82, 2.24) is 9.71 Å². The molecule has 1 aromatic heterocycles. The fourth-order valence-electron chi connectivity index (χ4n) is 1.94. The first-order valence-corrected chi connectivity index (χ1v) is 9.03. The lowest BCUT2D eigenvalue weighted by Crippen LogP contribution is -2.30. The number of aromatic nitrogens is 1. The third kappa shape index (κ3) is 4.03. The van der Waals surface area contributed by atoms with Gasteiger partial charge in [0.05, 0.1) is 11.7 Å². The van der Waals surface area contributed by atoms with E-state index >= 15 is 0 Å². The number of rotatable bonds is 6. The summed E-state index contributed by atoms with van der Waals surface area (Å²) in [4.78, 5) is 4.50. The van der Waals surface area contributed by atoms with Crippen LogP contribution in [0.5, 0.6) is 0 Å². The number of nitrogens with one attached hydrogen (secondary N) is 2. The minimum atomic E-state index is -3.53. The molecule has 2 aromatic rings. The highest BCUT2D eigenvalue weighted by Crippen LogP contribution is 2.26. The molecule has 21 heavy (non-hydrogen) atoms. The maximum Gasteiger partial charge on any atom is 0.242 e. The molecule has 0 spiro atoms. The maximum absolute atomic E-state index is 12.4. The van der Waals surface area contributed by atoms with E-state index in [0.29, 0.717) is 5.69 Å². The highest BCUT2D eigenvalue weighted by molar-refractivity contribution is 7.89. The number of anilines is 1. The molecular formula is C14H19N3O2S2. The predicted octanol–water partition coefficient (Wildman–Crippen LogP) is 3.00. The number of hydrogen-bond donors (Lipinski definition) is 2. The van der Waals surface area contributed by atoms with Crippen LogP contribution in [0, 0.1) is 0 Å². The van der Waals surface area contributed by atoms with Crippen molar-refractivity contribution in [3.8, 4) is 0 Å². The lowest BCUT2D eigenvalue weighted by molar-refractivity contribution is 0.570. The van der Waals surface area contributed by atoms with Crippen LogP contribution in [0.15, 0.2) is 40.7 Å². The van der Waals surface area contributed by atoms with Crippen LogP contribution in [-0.4, -0.2) is 19.4 Å². The van der Waals surface area contributed by atoms with Gasteiger partial charge in [-0.15, -0.1) is 11.3 Å². The highest BCUT2D eigenvalue weighted by Gasteiger charge is 2.20. The summed E-state index contributed by atoms with van der Waals surface area (Å²) in [6.07, 6.45) is 1.74. The van der Waals surface area contributed by atoms with E-state index < -0.39 is 10.0 Å². The Labute approximate surface area is 129 Å². The van der Waals surface area contributed by atoms with Crippen LogP contribution in [0.25, 0.3) is 0 Å². The molecule has 0 fully saturated rings. The van der Waals surface area contributed by atoms with Crippen molar-refractivity contribution in [3.05, 3.63) is 40.8 Å². The quantitative estimate of drug-likeness (QED) is 0.856. The third-order valence-corrected chi connectivity index (χ3v) is 5.44. The van der Waals surface area contributed by atoms with Crippen molar-refractivity contribution < 1.29 is 8.42 Å². The van der Waals surface area contributed by atoms with Crippen LogP contribution in [0.1, 0.15) is 31.8 Å². The number of hydrogen-bond acceptors (Lipinski definition) is 5. The topological polar surface area (TPSA) is 71.1 Å². The van der Waals surface area contributed by atoms with E-state index in [1.165, 1.54) is 11.3 Å². The first kappa shape index (κ1) is 15.9. The van der Waals surface area contributed by atoms with E-state index in [1.807, 2.05) is 18.4 Å². The number of benzene rings is 1. The minimum Gasteiger partial charge on any atom is -0.375 e. The predicted molar refractivity (Wildman–Crippen MR) is 86.1 cm³/mol. The fraction of sp³-hybridized carbons (Fsp3) is 0.357. The van der Waals surface area contributed by atoms with E-state index in [1.54, 1.807) is 38.2 Å². The molecule has 1 atom stereocenters. The Hall–Kier alpha value is -1.44. The molecule has 5 nitrogen and oxygen atoms in total.